The van der Waals surface area contributed by atoms with Crippen LogP contribution >= 0.6 is 7.92 Å². The summed E-state index contributed by atoms with van der Waals surface area (Å²) >= 11 is 0. The number of benzene rings is 2. The lowest BCUT2D eigenvalue weighted by molar-refractivity contribution is 0.291. The Morgan fingerprint density at radius 3 is 2.12 bits per heavy atom. The van der Waals surface area contributed by atoms with Gasteiger partial charge >= 0.3 is 0 Å². The third kappa shape index (κ3) is 3.39. The highest BCUT2D eigenvalue weighted by Crippen LogP contribution is 2.46. The van der Waals surface area contributed by atoms with Crippen LogP contribution in [0.15, 0.2) is 89.5 Å². The van der Waals surface area contributed by atoms with E-state index in [-0.39, 0.29) is 6.04 Å². The fourth-order valence-corrected chi connectivity index (χ4v) is 6.10. The minimum atomic E-state index is -0.553. The summed E-state index contributed by atoms with van der Waals surface area (Å²) in [7, 11) is -0.553. The molecular weight excluding hydrogens is 337 g/mol. The Morgan fingerprint density at radius 1 is 0.962 bits per heavy atom. The van der Waals surface area contributed by atoms with Crippen molar-refractivity contribution in [3.05, 3.63) is 84.5 Å². The molecule has 0 aromatic heterocycles. The van der Waals surface area contributed by atoms with Crippen LogP contribution in [0, 0.1) is 5.92 Å². The second-order valence-corrected chi connectivity index (χ2v) is 9.38. The maximum atomic E-state index is 6.02. The molecule has 1 aliphatic carbocycles. The molecule has 0 unspecified atom stereocenters. The Hall–Kier alpha value is -2.18. The van der Waals surface area contributed by atoms with Gasteiger partial charge in [-0.05, 0) is 24.4 Å². The molecule has 0 saturated heterocycles. The van der Waals surface area contributed by atoms with Gasteiger partial charge in [0, 0.05) is 11.2 Å². The number of hydrogen-bond acceptors (Lipinski definition) is 2. The first kappa shape index (κ1) is 17.2. The largest absolute Gasteiger partial charge is 0.475 e. The van der Waals surface area contributed by atoms with Gasteiger partial charge in [-0.1, -0.05) is 92.7 Å². The summed E-state index contributed by atoms with van der Waals surface area (Å²) in [5, 5.41) is 2.77. The molecule has 0 bridgehead atoms. The molecule has 2 aliphatic rings. The summed E-state index contributed by atoms with van der Waals surface area (Å²) < 4.78 is 6.02. The molecule has 0 radical (unpaired) electrons. The molecule has 2 aromatic carbocycles. The topological polar surface area (TPSA) is 21.6 Å². The SMILES string of the molecule is CC(C)[C@H]1COC(C2=CC=C[C@@H]2P(c2ccccc2)c2ccccc2)=N1. The Bertz CT molecular complexity index is 800. The van der Waals surface area contributed by atoms with Crippen molar-refractivity contribution in [3.63, 3.8) is 0 Å². The molecule has 3 heteroatoms. The van der Waals surface area contributed by atoms with Gasteiger partial charge in [0.15, 0.2) is 0 Å². The van der Waals surface area contributed by atoms with Gasteiger partial charge in [-0.2, -0.15) is 0 Å². The van der Waals surface area contributed by atoms with Crippen molar-refractivity contribution >= 4 is 24.4 Å². The van der Waals surface area contributed by atoms with Crippen LogP contribution in [0.25, 0.3) is 0 Å². The van der Waals surface area contributed by atoms with Crippen LogP contribution in [0.5, 0.6) is 0 Å². The number of rotatable bonds is 5. The Balaban J connectivity index is 1.71. The summed E-state index contributed by atoms with van der Waals surface area (Å²) in [4.78, 5) is 4.89. The minimum absolute atomic E-state index is 0.270. The first-order valence-electron chi connectivity index (χ1n) is 9.23. The van der Waals surface area contributed by atoms with E-state index in [0.717, 1.165) is 5.90 Å². The highest BCUT2D eigenvalue weighted by atomic mass is 31.1. The fraction of sp³-hybridized carbons (Fsp3) is 0.261. The molecule has 1 heterocycles. The Labute approximate surface area is 157 Å². The molecule has 2 atom stereocenters. The molecule has 2 nitrogen and oxygen atoms in total. The maximum Gasteiger partial charge on any atom is 0.213 e. The summed E-state index contributed by atoms with van der Waals surface area (Å²) in [5.74, 6) is 1.35. The average molecular weight is 361 g/mol. The van der Waals surface area contributed by atoms with E-state index < -0.39 is 7.92 Å². The van der Waals surface area contributed by atoms with E-state index in [2.05, 4.69) is 92.7 Å². The van der Waals surface area contributed by atoms with Crippen LogP contribution in [0.3, 0.4) is 0 Å². The molecular formula is C23H24NOP. The second-order valence-electron chi connectivity index (χ2n) is 7.05. The van der Waals surface area contributed by atoms with E-state index in [0.29, 0.717) is 18.2 Å². The maximum absolute atomic E-state index is 6.02. The van der Waals surface area contributed by atoms with Gasteiger partial charge in [0.25, 0.3) is 0 Å². The van der Waals surface area contributed by atoms with Crippen molar-refractivity contribution in [2.45, 2.75) is 25.5 Å². The van der Waals surface area contributed by atoms with E-state index in [1.807, 2.05) is 0 Å². The summed E-state index contributed by atoms with van der Waals surface area (Å²) in [6.07, 6.45) is 6.67. The normalized spacial score (nSPS) is 21.8. The predicted octanol–water partition coefficient (Wildman–Crippen LogP) is 4.44. The van der Waals surface area contributed by atoms with Gasteiger partial charge in [0.1, 0.15) is 6.61 Å². The summed E-state index contributed by atoms with van der Waals surface area (Å²) in [6, 6.07) is 22.0. The zero-order chi connectivity index (χ0) is 17.9. The zero-order valence-corrected chi connectivity index (χ0v) is 16.1. The monoisotopic (exact) mass is 361 g/mol. The lowest BCUT2D eigenvalue weighted by atomic mass is 10.1. The van der Waals surface area contributed by atoms with Crippen molar-refractivity contribution in [1.82, 2.24) is 0 Å². The molecule has 2 aromatic rings. The molecule has 1 aliphatic heterocycles. The van der Waals surface area contributed by atoms with Gasteiger partial charge in [0.2, 0.25) is 5.90 Å². The van der Waals surface area contributed by atoms with Crippen LogP contribution in [0.2, 0.25) is 0 Å². The van der Waals surface area contributed by atoms with Crippen LogP contribution in [-0.4, -0.2) is 24.2 Å². The van der Waals surface area contributed by atoms with Crippen LogP contribution in [0.1, 0.15) is 13.8 Å². The minimum Gasteiger partial charge on any atom is -0.475 e. The standard InChI is InChI=1S/C23H24NOP/c1-17(2)21-16-25-23(24-21)20-14-9-15-22(20)26(18-10-5-3-6-11-18)19-12-7-4-8-13-19/h3-15,17,21-22H,16H2,1-2H3/t21-,22+/m1/s1. The first-order valence-corrected chi connectivity index (χ1v) is 10.6. The van der Waals surface area contributed by atoms with Crippen molar-refractivity contribution in [1.29, 1.82) is 0 Å². The highest BCUT2D eigenvalue weighted by Gasteiger charge is 2.33. The zero-order valence-electron chi connectivity index (χ0n) is 15.2. The van der Waals surface area contributed by atoms with Crippen molar-refractivity contribution in [2.75, 3.05) is 6.61 Å². The van der Waals surface area contributed by atoms with Gasteiger partial charge in [-0.15, -0.1) is 0 Å². The van der Waals surface area contributed by atoms with E-state index in [9.17, 15) is 0 Å². The molecule has 4 rings (SSSR count). The lowest BCUT2D eigenvalue weighted by Gasteiger charge is -2.26. The number of ether oxygens (including phenoxy) is 1. The van der Waals surface area contributed by atoms with Crippen molar-refractivity contribution in [3.8, 4) is 0 Å². The molecule has 0 fully saturated rings. The van der Waals surface area contributed by atoms with Gasteiger partial charge < -0.3 is 4.74 Å². The number of hydrogen-bond donors (Lipinski definition) is 0. The molecule has 0 saturated carbocycles. The van der Waals surface area contributed by atoms with E-state index in [4.69, 9.17) is 9.73 Å². The quantitative estimate of drug-likeness (QED) is 0.722. The van der Waals surface area contributed by atoms with Crippen LogP contribution < -0.4 is 10.6 Å². The third-order valence-corrected chi connectivity index (χ3v) is 7.64. The van der Waals surface area contributed by atoms with E-state index >= 15 is 0 Å². The Morgan fingerprint density at radius 2 is 1.58 bits per heavy atom. The van der Waals surface area contributed by atoms with Gasteiger partial charge in [-0.25, -0.2) is 4.99 Å². The lowest BCUT2D eigenvalue weighted by Crippen LogP contribution is -2.24. The number of allylic oxidation sites excluding steroid dienone is 3. The molecule has 132 valence electrons. The molecule has 0 N–H and O–H groups in total. The fourth-order valence-electron chi connectivity index (χ4n) is 3.43. The summed E-state index contributed by atoms with van der Waals surface area (Å²) in [5.41, 5.74) is 1.53. The number of nitrogens with zero attached hydrogens (tertiary/aromatic N) is 1. The highest BCUT2D eigenvalue weighted by molar-refractivity contribution is 7.74. The van der Waals surface area contributed by atoms with Crippen LogP contribution in [-0.2, 0) is 4.74 Å². The molecule has 26 heavy (non-hydrogen) atoms. The smallest absolute Gasteiger partial charge is 0.213 e. The molecule has 0 spiro atoms. The van der Waals surface area contributed by atoms with E-state index in [1.54, 1.807) is 0 Å². The van der Waals surface area contributed by atoms with E-state index in [1.165, 1.54) is 16.2 Å². The van der Waals surface area contributed by atoms with Crippen molar-refractivity contribution in [2.24, 2.45) is 10.9 Å². The predicted molar refractivity (Wildman–Crippen MR) is 112 cm³/mol. The second kappa shape index (κ2) is 7.60. The first-order chi connectivity index (χ1) is 12.7. The van der Waals surface area contributed by atoms with Gasteiger partial charge in [-0.3, -0.25) is 0 Å². The Kier molecular flexibility index (Phi) is 5.04. The number of aliphatic imine (C=N–C) groups is 1. The summed E-state index contributed by atoms with van der Waals surface area (Å²) in [6.45, 7) is 5.12. The third-order valence-electron chi connectivity index (χ3n) is 4.93. The average Bonchev–Trinajstić information content (AvgIpc) is 3.33. The van der Waals surface area contributed by atoms with Crippen molar-refractivity contribution < 1.29 is 4.74 Å². The van der Waals surface area contributed by atoms with Crippen LogP contribution in [0.4, 0.5) is 0 Å². The molecule has 0 amide bonds. The van der Waals surface area contributed by atoms with Gasteiger partial charge in [0.05, 0.1) is 6.04 Å².